The van der Waals surface area contributed by atoms with Gasteiger partial charge in [0.1, 0.15) is 0 Å². The topological polar surface area (TPSA) is 66.5 Å². The summed E-state index contributed by atoms with van der Waals surface area (Å²) in [4.78, 5) is 14.4. The lowest BCUT2D eigenvalue weighted by atomic mass is 10.1. The summed E-state index contributed by atoms with van der Waals surface area (Å²) in [5.41, 5.74) is 2.02. The molecule has 1 N–H and O–H groups in total. The fourth-order valence-corrected chi connectivity index (χ4v) is 4.24. The Labute approximate surface area is 157 Å². The maximum absolute atomic E-state index is 12.8. The van der Waals surface area contributed by atoms with Crippen molar-refractivity contribution in [2.24, 2.45) is 0 Å². The Morgan fingerprint density at radius 3 is 2.44 bits per heavy atom. The third-order valence-electron chi connectivity index (χ3n) is 3.61. The number of sulfonamides is 1. The molecule has 25 heavy (non-hydrogen) atoms. The number of hydrogen-bond donors (Lipinski definition) is 1. The molecule has 0 heterocycles. The summed E-state index contributed by atoms with van der Waals surface area (Å²) >= 11 is 3.40. The Morgan fingerprint density at radius 2 is 1.84 bits per heavy atom. The second kappa shape index (κ2) is 7.68. The van der Waals surface area contributed by atoms with Gasteiger partial charge >= 0.3 is 0 Å². The van der Waals surface area contributed by atoms with E-state index >= 15 is 0 Å². The van der Waals surface area contributed by atoms with Gasteiger partial charge in [-0.05, 0) is 62.7 Å². The zero-order valence-corrected chi connectivity index (χ0v) is 17.0. The summed E-state index contributed by atoms with van der Waals surface area (Å²) in [5, 5.41) is 0. The Balaban J connectivity index is 2.35. The molecular formula is C18H21BrN2O3S. The monoisotopic (exact) mass is 424 g/mol. The predicted octanol–water partition coefficient (Wildman–Crippen LogP) is 3.72. The van der Waals surface area contributed by atoms with Gasteiger partial charge in [-0.1, -0.05) is 22.0 Å². The highest BCUT2D eigenvalue weighted by atomic mass is 79.9. The SMILES string of the molecule is Cc1cc(Br)ccc1N(C)C(=O)c1cccc(S(=O)(=O)NC(C)C)c1. The summed E-state index contributed by atoms with van der Waals surface area (Å²) in [6, 6.07) is 11.5. The maximum Gasteiger partial charge on any atom is 0.258 e. The molecule has 2 rings (SSSR count). The van der Waals surface area contributed by atoms with Crippen molar-refractivity contribution in [1.29, 1.82) is 0 Å². The molecule has 7 heteroatoms. The van der Waals surface area contributed by atoms with Crippen LogP contribution in [0.4, 0.5) is 5.69 Å². The Kier molecular flexibility index (Phi) is 6.03. The Morgan fingerprint density at radius 1 is 1.16 bits per heavy atom. The molecule has 0 aliphatic rings. The van der Waals surface area contributed by atoms with Crippen LogP contribution >= 0.6 is 15.9 Å². The van der Waals surface area contributed by atoms with Crippen molar-refractivity contribution in [1.82, 2.24) is 4.72 Å². The van der Waals surface area contributed by atoms with E-state index in [4.69, 9.17) is 0 Å². The van der Waals surface area contributed by atoms with E-state index in [-0.39, 0.29) is 16.8 Å². The summed E-state index contributed by atoms with van der Waals surface area (Å²) in [5.74, 6) is -0.271. The van der Waals surface area contributed by atoms with E-state index < -0.39 is 10.0 Å². The highest BCUT2D eigenvalue weighted by molar-refractivity contribution is 9.10. The first-order valence-corrected chi connectivity index (χ1v) is 10.1. The van der Waals surface area contributed by atoms with Crippen LogP contribution in [-0.4, -0.2) is 27.4 Å². The summed E-state index contributed by atoms with van der Waals surface area (Å²) in [7, 11) is -1.97. The van der Waals surface area contributed by atoms with Crippen LogP contribution in [0.1, 0.15) is 29.8 Å². The molecule has 1 amide bonds. The molecular weight excluding hydrogens is 404 g/mol. The summed E-state index contributed by atoms with van der Waals surface area (Å²) in [6.45, 7) is 5.41. The van der Waals surface area contributed by atoms with Crippen molar-refractivity contribution in [2.75, 3.05) is 11.9 Å². The van der Waals surface area contributed by atoms with Crippen LogP contribution in [0.5, 0.6) is 0 Å². The van der Waals surface area contributed by atoms with E-state index in [2.05, 4.69) is 20.7 Å². The van der Waals surface area contributed by atoms with Gasteiger partial charge in [-0.25, -0.2) is 13.1 Å². The molecule has 0 saturated heterocycles. The minimum atomic E-state index is -3.65. The highest BCUT2D eigenvalue weighted by Crippen LogP contribution is 2.24. The van der Waals surface area contributed by atoms with Crippen molar-refractivity contribution < 1.29 is 13.2 Å². The molecule has 0 aliphatic heterocycles. The number of hydrogen-bond acceptors (Lipinski definition) is 3. The molecule has 2 aromatic rings. The minimum Gasteiger partial charge on any atom is -0.311 e. The quantitative estimate of drug-likeness (QED) is 0.794. The van der Waals surface area contributed by atoms with Gasteiger partial charge in [-0.2, -0.15) is 0 Å². The van der Waals surface area contributed by atoms with E-state index in [1.165, 1.54) is 17.0 Å². The van der Waals surface area contributed by atoms with Gasteiger partial charge in [0.2, 0.25) is 10.0 Å². The number of nitrogens with one attached hydrogen (secondary N) is 1. The normalized spacial score (nSPS) is 11.6. The molecule has 0 spiro atoms. The van der Waals surface area contributed by atoms with Crippen molar-refractivity contribution in [3.63, 3.8) is 0 Å². The molecule has 0 radical (unpaired) electrons. The molecule has 0 unspecified atom stereocenters. The number of carbonyl (C=O) groups excluding carboxylic acids is 1. The zero-order valence-electron chi connectivity index (χ0n) is 14.6. The fourth-order valence-electron chi connectivity index (χ4n) is 2.47. The number of benzene rings is 2. The largest absolute Gasteiger partial charge is 0.311 e. The molecule has 0 aromatic heterocycles. The van der Waals surface area contributed by atoms with Crippen LogP contribution in [0.15, 0.2) is 51.8 Å². The standard InChI is InChI=1S/C18H21BrN2O3S/c1-12(2)20-25(23,24)16-7-5-6-14(11-16)18(22)21(4)17-9-8-15(19)10-13(17)3/h5-12,20H,1-4H3. The van der Waals surface area contributed by atoms with Gasteiger partial charge < -0.3 is 4.90 Å². The van der Waals surface area contributed by atoms with Gasteiger partial charge in [0.05, 0.1) is 4.90 Å². The lowest BCUT2D eigenvalue weighted by Gasteiger charge is -2.20. The Hall–Kier alpha value is -1.70. The molecule has 134 valence electrons. The van der Waals surface area contributed by atoms with E-state index in [1.54, 1.807) is 33.0 Å². The number of halogens is 1. The smallest absolute Gasteiger partial charge is 0.258 e. The third-order valence-corrected chi connectivity index (χ3v) is 5.76. The number of amides is 1. The lowest BCUT2D eigenvalue weighted by molar-refractivity contribution is 0.0992. The second-order valence-corrected chi connectivity index (χ2v) is 8.73. The first-order valence-electron chi connectivity index (χ1n) is 7.78. The Bertz CT molecular complexity index is 895. The first-order chi connectivity index (χ1) is 11.6. The third kappa shape index (κ3) is 4.68. The molecule has 0 fully saturated rings. The van der Waals surface area contributed by atoms with Gasteiger partial charge in [0.15, 0.2) is 0 Å². The lowest BCUT2D eigenvalue weighted by Crippen LogP contribution is -2.31. The van der Waals surface area contributed by atoms with E-state index in [0.29, 0.717) is 5.56 Å². The number of anilines is 1. The number of rotatable bonds is 5. The van der Waals surface area contributed by atoms with Gasteiger partial charge in [-0.15, -0.1) is 0 Å². The number of nitrogens with zero attached hydrogens (tertiary/aromatic N) is 1. The highest BCUT2D eigenvalue weighted by Gasteiger charge is 2.20. The van der Waals surface area contributed by atoms with E-state index in [0.717, 1.165) is 15.7 Å². The van der Waals surface area contributed by atoms with Crippen LogP contribution in [-0.2, 0) is 10.0 Å². The number of carbonyl (C=O) groups is 1. The fraction of sp³-hybridized carbons (Fsp3) is 0.278. The van der Waals surface area contributed by atoms with Gasteiger partial charge in [-0.3, -0.25) is 4.79 Å². The molecule has 2 aromatic carbocycles. The first kappa shape index (κ1) is 19.6. The molecule has 0 aliphatic carbocycles. The summed E-state index contributed by atoms with van der Waals surface area (Å²) in [6.07, 6.45) is 0. The molecule has 0 saturated carbocycles. The second-order valence-electron chi connectivity index (χ2n) is 6.10. The van der Waals surface area contributed by atoms with Crippen LogP contribution in [0.2, 0.25) is 0 Å². The average Bonchev–Trinajstić information content (AvgIpc) is 2.52. The minimum absolute atomic E-state index is 0.0768. The maximum atomic E-state index is 12.8. The van der Waals surface area contributed by atoms with Crippen molar-refractivity contribution in [2.45, 2.75) is 31.7 Å². The van der Waals surface area contributed by atoms with Gasteiger partial charge in [0, 0.05) is 28.8 Å². The van der Waals surface area contributed by atoms with Crippen LogP contribution in [0, 0.1) is 6.92 Å². The van der Waals surface area contributed by atoms with Crippen molar-refractivity contribution >= 4 is 37.5 Å². The number of aryl methyl sites for hydroxylation is 1. The average molecular weight is 425 g/mol. The predicted molar refractivity (Wildman–Crippen MR) is 104 cm³/mol. The van der Waals surface area contributed by atoms with Crippen molar-refractivity contribution in [3.05, 3.63) is 58.1 Å². The van der Waals surface area contributed by atoms with Crippen molar-refractivity contribution in [3.8, 4) is 0 Å². The zero-order chi connectivity index (χ0) is 18.8. The summed E-state index contributed by atoms with van der Waals surface area (Å²) < 4.78 is 28.1. The van der Waals surface area contributed by atoms with Crippen LogP contribution in [0.25, 0.3) is 0 Å². The molecule has 0 bridgehead atoms. The van der Waals surface area contributed by atoms with Crippen LogP contribution < -0.4 is 9.62 Å². The molecule has 5 nitrogen and oxygen atoms in total. The van der Waals surface area contributed by atoms with Gasteiger partial charge in [0.25, 0.3) is 5.91 Å². The van der Waals surface area contributed by atoms with E-state index in [1.807, 2.05) is 25.1 Å². The molecule has 0 atom stereocenters. The van der Waals surface area contributed by atoms with E-state index in [9.17, 15) is 13.2 Å². The van der Waals surface area contributed by atoms with Crippen LogP contribution in [0.3, 0.4) is 0 Å².